The Morgan fingerprint density at radius 3 is 2.48 bits per heavy atom. The second kappa shape index (κ2) is 8.57. The summed E-state index contributed by atoms with van der Waals surface area (Å²) in [5, 5.41) is 2.36. The molecule has 0 radical (unpaired) electrons. The molecule has 1 heterocycles. The quantitative estimate of drug-likeness (QED) is 0.529. The molecule has 6 heteroatoms. The first-order chi connectivity index (χ1) is 13.8. The number of anilines is 2. The van der Waals surface area contributed by atoms with E-state index in [0.717, 1.165) is 27.9 Å². The van der Waals surface area contributed by atoms with Crippen LogP contribution in [-0.4, -0.2) is 16.9 Å². The summed E-state index contributed by atoms with van der Waals surface area (Å²) in [5.41, 5.74) is 6.16. The van der Waals surface area contributed by atoms with Crippen molar-refractivity contribution in [2.45, 2.75) is 41.2 Å². The SMILES string of the molecule is CC(=O)N(c1ccc(C)c(C)c1)c1nc(COC(=O)c2cccc(C)c2C)cs1. The van der Waals surface area contributed by atoms with Crippen LogP contribution in [0.2, 0.25) is 0 Å². The van der Waals surface area contributed by atoms with Gasteiger partial charge in [-0.2, -0.15) is 0 Å². The van der Waals surface area contributed by atoms with Gasteiger partial charge in [-0.1, -0.05) is 18.2 Å². The van der Waals surface area contributed by atoms with E-state index in [4.69, 9.17) is 4.74 Å². The number of benzene rings is 2. The molecule has 0 spiro atoms. The Labute approximate surface area is 175 Å². The van der Waals surface area contributed by atoms with E-state index in [1.165, 1.54) is 18.3 Å². The number of hydrogen-bond acceptors (Lipinski definition) is 5. The number of carbonyl (C=O) groups excluding carboxylic acids is 2. The van der Waals surface area contributed by atoms with Crippen molar-refractivity contribution in [3.63, 3.8) is 0 Å². The van der Waals surface area contributed by atoms with Crippen LogP contribution < -0.4 is 4.90 Å². The molecule has 0 aliphatic heterocycles. The minimum atomic E-state index is -0.377. The number of thiazole rings is 1. The first kappa shape index (κ1) is 20.7. The largest absolute Gasteiger partial charge is 0.456 e. The van der Waals surface area contributed by atoms with Gasteiger partial charge in [-0.25, -0.2) is 9.78 Å². The zero-order valence-corrected chi connectivity index (χ0v) is 18.1. The third-order valence-corrected chi connectivity index (χ3v) is 5.84. The Morgan fingerprint density at radius 1 is 1.03 bits per heavy atom. The van der Waals surface area contributed by atoms with Crippen LogP contribution in [-0.2, 0) is 16.1 Å². The molecule has 3 rings (SSSR count). The Hall–Kier alpha value is -2.99. The summed E-state index contributed by atoms with van der Waals surface area (Å²) >= 11 is 1.35. The van der Waals surface area contributed by atoms with Crippen molar-refractivity contribution in [2.75, 3.05) is 4.90 Å². The highest BCUT2D eigenvalue weighted by molar-refractivity contribution is 7.14. The van der Waals surface area contributed by atoms with Crippen molar-refractivity contribution >= 4 is 34.0 Å². The predicted octanol–water partition coefficient (Wildman–Crippen LogP) is 5.42. The zero-order valence-electron chi connectivity index (χ0n) is 17.3. The molecule has 0 bridgehead atoms. The lowest BCUT2D eigenvalue weighted by Crippen LogP contribution is -2.22. The molecule has 2 aromatic carbocycles. The number of ether oxygens (including phenoxy) is 1. The van der Waals surface area contributed by atoms with Crippen LogP contribution in [0.25, 0.3) is 0 Å². The normalized spacial score (nSPS) is 10.7. The minimum Gasteiger partial charge on any atom is -0.456 e. The molecule has 29 heavy (non-hydrogen) atoms. The molecular formula is C23H24N2O3S. The van der Waals surface area contributed by atoms with Crippen LogP contribution >= 0.6 is 11.3 Å². The van der Waals surface area contributed by atoms with Gasteiger partial charge >= 0.3 is 5.97 Å². The van der Waals surface area contributed by atoms with E-state index in [9.17, 15) is 9.59 Å². The molecule has 0 aliphatic rings. The second-order valence-corrected chi connectivity index (χ2v) is 7.90. The first-order valence-electron chi connectivity index (χ1n) is 9.33. The molecule has 0 aliphatic carbocycles. The lowest BCUT2D eigenvalue weighted by atomic mass is 10.0. The molecule has 5 nitrogen and oxygen atoms in total. The van der Waals surface area contributed by atoms with E-state index in [1.807, 2.05) is 63.4 Å². The standard InChI is InChI=1S/C23H24N2O3S/c1-14-9-10-20(11-16(14)3)25(18(5)26)23-24-19(13-29-23)12-28-22(27)21-8-6-7-15(2)17(21)4/h6-11,13H,12H2,1-5H3. The topological polar surface area (TPSA) is 59.5 Å². The van der Waals surface area contributed by atoms with Crippen molar-refractivity contribution in [3.8, 4) is 0 Å². The van der Waals surface area contributed by atoms with E-state index in [1.54, 1.807) is 11.0 Å². The summed E-state index contributed by atoms with van der Waals surface area (Å²) in [6.45, 7) is 9.47. The zero-order chi connectivity index (χ0) is 21.1. The molecule has 0 N–H and O–H groups in total. The van der Waals surface area contributed by atoms with Crippen molar-refractivity contribution < 1.29 is 14.3 Å². The maximum absolute atomic E-state index is 12.4. The van der Waals surface area contributed by atoms with E-state index in [0.29, 0.717) is 16.4 Å². The number of esters is 1. The monoisotopic (exact) mass is 408 g/mol. The number of aryl methyl sites for hydroxylation is 3. The van der Waals surface area contributed by atoms with E-state index < -0.39 is 0 Å². The Bertz CT molecular complexity index is 1070. The molecule has 3 aromatic rings. The Kier molecular flexibility index (Phi) is 6.13. The molecule has 150 valence electrons. The van der Waals surface area contributed by atoms with Crippen LogP contribution in [0.15, 0.2) is 41.8 Å². The molecule has 1 amide bonds. The van der Waals surface area contributed by atoms with Gasteiger partial charge in [0.25, 0.3) is 0 Å². The highest BCUT2D eigenvalue weighted by Crippen LogP contribution is 2.30. The van der Waals surface area contributed by atoms with Crippen molar-refractivity contribution in [2.24, 2.45) is 0 Å². The van der Waals surface area contributed by atoms with Crippen LogP contribution in [0.1, 0.15) is 45.2 Å². The van der Waals surface area contributed by atoms with Crippen LogP contribution in [0.4, 0.5) is 10.8 Å². The molecule has 1 aromatic heterocycles. The van der Waals surface area contributed by atoms with Gasteiger partial charge in [-0.3, -0.25) is 9.69 Å². The third-order valence-electron chi connectivity index (χ3n) is 4.97. The van der Waals surface area contributed by atoms with Crippen LogP contribution in [0, 0.1) is 27.7 Å². The summed E-state index contributed by atoms with van der Waals surface area (Å²) in [7, 11) is 0. The molecule has 0 fully saturated rings. The van der Waals surface area contributed by atoms with E-state index in [-0.39, 0.29) is 18.5 Å². The highest BCUT2D eigenvalue weighted by Gasteiger charge is 2.19. The minimum absolute atomic E-state index is 0.0569. The average molecular weight is 409 g/mol. The summed E-state index contributed by atoms with van der Waals surface area (Å²) in [6, 6.07) is 11.4. The van der Waals surface area contributed by atoms with Crippen LogP contribution in [0.5, 0.6) is 0 Å². The summed E-state index contributed by atoms with van der Waals surface area (Å²) < 4.78 is 5.45. The average Bonchev–Trinajstić information content (AvgIpc) is 3.13. The van der Waals surface area contributed by atoms with Gasteiger partial charge in [0.1, 0.15) is 6.61 Å². The molecular weight excluding hydrogens is 384 g/mol. The second-order valence-electron chi connectivity index (χ2n) is 7.07. The van der Waals surface area contributed by atoms with Gasteiger partial charge in [0, 0.05) is 12.3 Å². The first-order valence-corrected chi connectivity index (χ1v) is 10.2. The van der Waals surface area contributed by atoms with E-state index in [2.05, 4.69) is 4.98 Å². The lowest BCUT2D eigenvalue weighted by molar-refractivity contribution is -0.115. The fourth-order valence-electron chi connectivity index (χ4n) is 2.95. The fraction of sp³-hybridized carbons (Fsp3) is 0.261. The smallest absolute Gasteiger partial charge is 0.338 e. The number of nitrogens with zero attached hydrogens (tertiary/aromatic N) is 2. The molecule has 0 saturated heterocycles. The molecule has 0 saturated carbocycles. The van der Waals surface area contributed by atoms with Gasteiger partial charge in [-0.05, 0) is 68.1 Å². The van der Waals surface area contributed by atoms with Crippen LogP contribution in [0.3, 0.4) is 0 Å². The van der Waals surface area contributed by atoms with E-state index >= 15 is 0 Å². The Balaban J connectivity index is 1.76. The third kappa shape index (κ3) is 4.54. The van der Waals surface area contributed by atoms with Gasteiger partial charge in [0.05, 0.1) is 16.9 Å². The fourth-order valence-corrected chi connectivity index (χ4v) is 3.82. The maximum atomic E-state index is 12.4. The molecule has 0 atom stereocenters. The summed E-state index contributed by atoms with van der Waals surface area (Å²) in [4.78, 5) is 30.8. The molecule has 0 unspecified atom stereocenters. The predicted molar refractivity (Wildman–Crippen MR) is 116 cm³/mol. The van der Waals surface area contributed by atoms with Crippen molar-refractivity contribution in [3.05, 3.63) is 75.3 Å². The number of hydrogen-bond donors (Lipinski definition) is 0. The van der Waals surface area contributed by atoms with Crippen molar-refractivity contribution in [1.29, 1.82) is 0 Å². The summed E-state index contributed by atoms with van der Waals surface area (Å²) in [6.07, 6.45) is 0. The Morgan fingerprint density at radius 2 is 1.79 bits per heavy atom. The van der Waals surface area contributed by atoms with Gasteiger partial charge in [-0.15, -0.1) is 11.3 Å². The van der Waals surface area contributed by atoms with Gasteiger partial charge < -0.3 is 4.74 Å². The number of rotatable bonds is 5. The number of amides is 1. The number of aromatic nitrogens is 1. The van der Waals surface area contributed by atoms with Gasteiger partial charge in [0.2, 0.25) is 5.91 Å². The maximum Gasteiger partial charge on any atom is 0.338 e. The number of carbonyl (C=O) groups is 2. The van der Waals surface area contributed by atoms with Crippen molar-refractivity contribution in [1.82, 2.24) is 4.98 Å². The lowest BCUT2D eigenvalue weighted by Gasteiger charge is -2.19. The summed E-state index contributed by atoms with van der Waals surface area (Å²) in [5.74, 6) is -0.500. The highest BCUT2D eigenvalue weighted by atomic mass is 32.1. The van der Waals surface area contributed by atoms with Gasteiger partial charge in [0.15, 0.2) is 5.13 Å².